The van der Waals surface area contributed by atoms with E-state index in [1.54, 1.807) is 13.0 Å². The lowest BCUT2D eigenvalue weighted by Gasteiger charge is -2.23. The van der Waals surface area contributed by atoms with Crippen molar-refractivity contribution in [3.05, 3.63) is 53.0 Å². The summed E-state index contributed by atoms with van der Waals surface area (Å²) in [6.45, 7) is 4.04. The molecule has 0 amide bonds. The van der Waals surface area contributed by atoms with Crippen LogP contribution in [0.3, 0.4) is 0 Å². The first kappa shape index (κ1) is 15.7. The third-order valence-corrected chi connectivity index (χ3v) is 4.06. The fourth-order valence-corrected chi connectivity index (χ4v) is 2.83. The summed E-state index contributed by atoms with van der Waals surface area (Å²) in [6, 6.07) is 4.47. The van der Waals surface area contributed by atoms with Crippen molar-refractivity contribution in [2.45, 2.75) is 26.2 Å². The molecule has 1 aliphatic heterocycles. The molecule has 2 aromatic carbocycles. The van der Waals surface area contributed by atoms with Crippen molar-refractivity contribution in [1.29, 1.82) is 0 Å². The molecule has 1 aliphatic rings. The number of hydrogen-bond donors (Lipinski definition) is 0. The van der Waals surface area contributed by atoms with Crippen LogP contribution in [0.4, 0.5) is 13.2 Å². The molecule has 0 aromatic heterocycles. The second kappa shape index (κ2) is 6.14. The van der Waals surface area contributed by atoms with Crippen LogP contribution in [0, 0.1) is 17.5 Å². The second-order valence-corrected chi connectivity index (χ2v) is 5.56. The molecule has 23 heavy (non-hydrogen) atoms. The van der Waals surface area contributed by atoms with Crippen LogP contribution in [0.2, 0.25) is 0 Å². The molecule has 122 valence electrons. The highest BCUT2D eigenvalue weighted by atomic mass is 19.2. The Bertz CT molecular complexity index is 784. The molecule has 1 atom stereocenters. The number of ether oxygens (including phenoxy) is 2. The van der Waals surface area contributed by atoms with Gasteiger partial charge in [-0.15, -0.1) is 0 Å². The van der Waals surface area contributed by atoms with Crippen molar-refractivity contribution in [2.24, 2.45) is 0 Å². The normalized spacial score (nSPS) is 17.8. The first-order chi connectivity index (χ1) is 11.0. The van der Waals surface area contributed by atoms with Gasteiger partial charge in [0, 0.05) is 5.92 Å². The SMILES string of the molecule is CCOc1ccc2cc(C3CC=C(C)OC3)c(F)c(F)c2c1F. The van der Waals surface area contributed by atoms with Gasteiger partial charge in [0.05, 0.1) is 24.4 Å². The molecule has 0 bridgehead atoms. The molecule has 3 rings (SSSR count). The minimum absolute atomic E-state index is 0.0781. The van der Waals surface area contributed by atoms with Gasteiger partial charge in [-0.3, -0.25) is 0 Å². The number of allylic oxidation sites excluding steroid dienone is 2. The van der Waals surface area contributed by atoms with Gasteiger partial charge in [-0.05, 0) is 49.4 Å². The zero-order valence-electron chi connectivity index (χ0n) is 13.0. The van der Waals surface area contributed by atoms with E-state index in [1.165, 1.54) is 12.1 Å². The Hall–Kier alpha value is -2.17. The quantitative estimate of drug-likeness (QED) is 0.786. The molecule has 0 spiro atoms. The third-order valence-electron chi connectivity index (χ3n) is 4.06. The van der Waals surface area contributed by atoms with Gasteiger partial charge < -0.3 is 9.47 Å². The Labute approximate surface area is 132 Å². The lowest BCUT2D eigenvalue weighted by Crippen LogP contribution is -2.14. The van der Waals surface area contributed by atoms with E-state index in [0.29, 0.717) is 11.8 Å². The summed E-state index contributed by atoms with van der Waals surface area (Å²) in [6.07, 6.45) is 2.40. The molecule has 0 radical (unpaired) electrons. The van der Waals surface area contributed by atoms with Crippen LogP contribution in [0.15, 0.2) is 30.0 Å². The predicted molar refractivity (Wildman–Crippen MR) is 82.1 cm³/mol. The number of hydrogen-bond acceptors (Lipinski definition) is 2. The van der Waals surface area contributed by atoms with Crippen LogP contribution in [0.5, 0.6) is 5.75 Å². The Kier molecular flexibility index (Phi) is 4.20. The van der Waals surface area contributed by atoms with Gasteiger partial charge in [0.25, 0.3) is 0 Å². The minimum Gasteiger partial charge on any atom is -0.498 e. The molecular formula is C18H17F3O2. The van der Waals surface area contributed by atoms with Crippen molar-refractivity contribution in [1.82, 2.24) is 0 Å². The fourth-order valence-electron chi connectivity index (χ4n) is 2.83. The molecule has 0 fully saturated rings. The molecule has 0 aliphatic carbocycles. The van der Waals surface area contributed by atoms with Crippen LogP contribution < -0.4 is 4.74 Å². The molecule has 0 saturated carbocycles. The van der Waals surface area contributed by atoms with Gasteiger partial charge in [-0.2, -0.15) is 0 Å². The van der Waals surface area contributed by atoms with Gasteiger partial charge in [0.1, 0.15) is 0 Å². The summed E-state index contributed by atoms with van der Waals surface area (Å²) < 4.78 is 53.8. The van der Waals surface area contributed by atoms with Gasteiger partial charge >= 0.3 is 0 Å². The highest BCUT2D eigenvalue weighted by Crippen LogP contribution is 2.36. The highest BCUT2D eigenvalue weighted by molar-refractivity contribution is 5.86. The molecule has 1 unspecified atom stereocenters. The van der Waals surface area contributed by atoms with Crippen LogP contribution in [0.25, 0.3) is 10.8 Å². The lowest BCUT2D eigenvalue weighted by molar-refractivity contribution is 0.175. The Morgan fingerprint density at radius 3 is 2.61 bits per heavy atom. The predicted octanol–water partition coefficient (Wildman–Crippen LogP) is 5.06. The van der Waals surface area contributed by atoms with Crippen LogP contribution in [0.1, 0.15) is 31.7 Å². The summed E-state index contributed by atoms with van der Waals surface area (Å²) in [4.78, 5) is 0. The Balaban J connectivity index is 2.13. The van der Waals surface area contributed by atoms with Crippen molar-refractivity contribution < 1.29 is 22.6 Å². The molecular weight excluding hydrogens is 305 g/mol. The summed E-state index contributed by atoms with van der Waals surface area (Å²) >= 11 is 0. The van der Waals surface area contributed by atoms with E-state index in [1.807, 2.05) is 13.0 Å². The van der Waals surface area contributed by atoms with Gasteiger partial charge in [-0.1, -0.05) is 6.07 Å². The number of benzene rings is 2. The monoisotopic (exact) mass is 322 g/mol. The van der Waals surface area contributed by atoms with Crippen molar-refractivity contribution in [2.75, 3.05) is 13.2 Å². The maximum atomic E-state index is 14.5. The van der Waals surface area contributed by atoms with E-state index in [9.17, 15) is 13.2 Å². The van der Waals surface area contributed by atoms with Crippen LogP contribution >= 0.6 is 0 Å². The van der Waals surface area contributed by atoms with Gasteiger partial charge in [-0.25, -0.2) is 13.2 Å². The number of halogens is 3. The Morgan fingerprint density at radius 2 is 1.96 bits per heavy atom. The van der Waals surface area contributed by atoms with Crippen molar-refractivity contribution in [3.63, 3.8) is 0 Å². The van der Waals surface area contributed by atoms with Gasteiger partial charge in [0.2, 0.25) is 0 Å². The average molecular weight is 322 g/mol. The molecule has 1 heterocycles. The van der Waals surface area contributed by atoms with E-state index in [2.05, 4.69) is 0 Å². The topological polar surface area (TPSA) is 18.5 Å². The summed E-state index contributed by atoms with van der Waals surface area (Å²) in [5, 5.41) is -0.0632. The van der Waals surface area contributed by atoms with Crippen molar-refractivity contribution >= 4 is 10.8 Å². The van der Waals surface area contributed by atoms with Crippen LogP contribution in [-0.4, -0.2) is 13.2 Å². The summed E-state index contributed by atoms with van der Waals surface area (Å²) in [5.74, 6) is -2.66. The molecule has 0 N–H and O–H groups in total. The van der Waals surface area contributed by atoms with Crippen LogP contribution in [-0.2, 0) is 4.74 Å². The van der Waals surface area contributed by atoms with Gasteiger partial charge in [0.15, 0.2) is 23.2 Å². The largest absolute Gasteiger partial charge is 0.498 e. The van der Waals surface area contributed by atoms with E-state index in [4.69, 9.17) is 9.47 Å². The third kappa shape index (κ3) is 2.76. The summed E-state index contributed by atoms with van der Waals surface area (Å²) in [7, 11) is 0. The zero-order valence-corrected chi connectivity index (χ0v) is 13.0. The zero-order chi connectivity index (χ0) is 16.6. The standard InChI is InChI=1S/C18H17F3O2/c1-3-22-14-7-6-11-8-13(12-5-4-10(2)23-9-12)16(19)18(21)15(11)17(14)20/h4,6-8,12H,3,5,9H2,1-2H3. The summed E-state index contributed by atoms with van der Waals surface area (Å²) in [5.41, 5.74) is 0.210. The van der Waals surface area contributed by atoms with E-state index < -0.39 is 17.5 Å². The first-order valence-corrected chi connectivity index (χ1v) is 7.55. The fraction of sp³-hybridized carbons (Fsp3) is 0.333. The number of rotatable bonds is 3. The second-order valence-electron chi connectivity index (χ2n) is 5.56. The molecule has 2 nitrogen and oxygen atoms in total. The molecule has 2 aromatic rings. The maximum absolute atomic E-state index is 14.5. The average Bonchev–Trinajstić information content (AvgIpc) is 2.54. The van der Waals surface area contributed by atoms with E-state index in [-0.39, 0.29) is 35.8 Å². The highest BCUT2D eigenvalue weighted by Gasteiger charge is 2.25. The van der Waals surface area contributed by atoms with E-state index >= 15 is 0 Å². The molecule has 5 heteroatoms. The Morgan fingerprint density at radius 1 is 1.17 bits per heavy atom. The minimum atomic E-state index is -1.18. The molecule has 0 saturated heterocycles. The first-order valence-electron chi connectivity index (χ1n) is 7.55. The maximum Gasteiger partial charge on any atom is 0.175 e. The smallest absolute Gasteiger partial charge is 0.175 e. The van der Waals surface area contributed by atoms with Crippen molar-refractivity contribution in [3.8, 4) is 5.75 Å². The number of fused-ring (bicyclic) bond motifs is 1. The van der Waals surface area contributed by atoms with E-state index in [0.717, 1.165) is 5.76 Å². The lowest BCUT2D eigenvalue weighted by atomic mass is 9.91.